The van der Waals surface area contributed by atoms with E-state index >= 15 is 0 Å². The molecule has 1 saturated carbocycles. The molecule has 2 aromatic rings. The van der Waals surface area contributed by atoms with Crippen molar-refractivity contribution in [2.75, 3.05) is 32.1 Å². The number of nitrogens with one attached hydrogen (secondary N) is 1. The van der Waals surface area contributed by atoms with E-state index in [0.29, 0.717) is 6.61 Å². The summed E-state index contributed by atoms with van der Waals surface area (Å²) in [6, 6.07) is 9.96. The Bertz CT molecular complexity index is 1090. The third kappa shape index (κ3) is 6.00. The lowest BCUT2D eigenvalue weighted by molar-refractivity contribution is -0.144. The molecule has 3 aliphatic rings. The number of likely N-dealkylation sites (N-methyl/N-ethyl adjacent to an activating group) is 1. The summed E-state index contributed by atoms with van der Waals surface area (Å²) in [6.07, 6.45) is 9.10. The number of hydrogen-bond acceptors (Lipinski definition) is 6. The Morgan fingerprint density at radius 3 is 2.97 bits per heavy atom. The fraction of sp³-hybridized carbons (Fsp3) is 0.600. The van der Waals surface area contributed by atoms with E-state index in [-0.39, 0.29) is 18.2 Å². The van der Waals surface area contributed by atoms with Gasteiger partial charge in [-0.3, -0.25) is 9.69 Å². The number of rotatable bonds is 10. The molecule has 7 nitrogen and oxygen atoms in total. The number of aliphatic carboxylic acids is 1. The van der Waals surface area contributed by atoms with Crippen LogP contribution in [0.5, 0.6) is 0 Å². The molecule has 1 fully saturated rings. The molecular weight excluding hydrogens is 466 g/mol. The molecule has 0 radical (unpaired) electrons. The van der Waals surface area contributed by atoms with Gasteiger partial charge in [0.15, 0.2) is 0 Å². The summed E-state index contributed by atoms with van der Waals surface area (Å²) in [7, 11) is 1.96. The van der Waals surface area contributed by atoms with Crippen LogP contribution in [0.3, 0.4) is 0 Å². The number of nitrogens with zero attached hydrogens (tertiary/aromatic N) is 2. The largest absolute Gasteiger partial charge is 0.480 e. The first-order valence-corrected chi connectivity index (χ1v) is 14.0. The van der Waals surface area contributed by atoms with Gasteiger partial charge in [-0.25, -0.2) is 4.98 Å². The van der Waals surface area contributed by atoms with E-state index in [2.05, 4.69) is 28.4 Å². The average Bonchev–Trinajstić information content (AvgIpc) is 3.37. The number of benzene rings is 1. The van der Waals surface area contributed by atoms with Gasteiger partial charge in [-0.2, -0.15) is 0 Å². The highest BCUT2D eigenvalue weighted by molar-refractivity contribution is 5.76. The number of aromatic nitrogens is 1. The Balaban J connectivity index is 1.11. The molecule has 2 N–H and O–H groups in total. The zero-order valence-electron chi connectivity index (χ0n) is 22.2. The number of aryl methyl sites for hydroxylation is 2. The van der Waals surface area contributed by atoms with Gasteiger partial charge in [-0.05, 0) is 100 Å². The fourth-order valence-corrected chi connectivity index (χ4v) is 6.36. The minimum absolute atomic E-state index is 0.0809. The molecule has 0 amide bonds. The Morgan fingerprint density at radius 1 is 1.22 bits per heavy atom. The fourth-order valence-electron chi connectivity index (χ4n) is 6.36. The maximum Gasteiger partial charge on any atom is 0.325 e. The van der Waals surface area contributed by atoms with Crippen LogP contribution in [0.25, 0.3) is 0 Å². The zero-order chi connectivity index (χ0) is 25.8. The molecule has 37 heavy (non-hydrogen) atoms. The number of anilines is 1. The molecule has 1 aromatic heterocycles. The van der Waals surface area contributed by atoms with Crippen LogP contribution in [0, 0.1) is 0 Å². The van der Waals surface area contributed by atoms with E-state index in [1.54, 1.807) is 0 Å². The van der Waals surface area contributed by atoms with Crippen LogP contribution in [0.15, 0.2) is 30.3 Å². The number of ether oxygens (including phenoxy) is 2. The Hall–Kier alpha value is -2.48. The van der Waals surface area contributed by atoms with Gasteiger partial charge in [0.25, 0.3) is 0 Å². The molecule has 1 aromatic carbocycles. The summed E-state index contributed by atoms with van der Waals surface area (Å²) in [5.74, 6) is 0.266. The van der Waals surface area contributed by atoms with Crippen molar-refractivity contribution in [1.82, 2.24) is 9.88 Å². The summed E-state index contributed by atoms with van der Waals surface area (Å²) in [4.78, 5) is 19.3. The van der Waals surface area contributed by atoms with Crippen molar-refractivity contribution >= 4 is 11.8 Å². The smallest absolute Gasteiger partial charge is 0.325 e. The van der Waals surface area contributed by atoms with E-state index in [4.69, 9.17) is 14.5 Å². The number of carboxylic acids is 1. The van der Waals surface area contributed by atoms with Gasteiger partial charge in [0.2, 0.25) is 0 Å². The second-order valence-electron chi connectivity index (χ2n) is 10.8. The summed E-state index contributed by atoms with van der Waals surface area (Å²) in [6.45, 7) is 4.48. The van der Waals surface area contributed by atoms with Crippen molar-refractivity contribution in [2.24, 2.45) is 0 Å². The summed E-state index contributed by atoms with van der Waals surface area (Å²) in [5.41, 5.74) is 5.63. The monoisotopic (exact) mass is 507 g/mol. The number of fused-ring (bicyclic) bond motifs is 2. The zero-order valence-corrected chi connectivity index (χ0v) is 22.2. The summed E-state index contributed by atoms with van der Waals surface area (Å²) < 4.78 is 12.1. The topological polar surface area (TPSA) is 83.9 Å². The van der Waals surface area contributed by atoms with Crippen LogP contribution in [0.1, 0.15) is 85.5 Å². The van der Waals surface area contributed by atoms with Crippen LogP contribution in [0.2, 0.25) is 0 Å². The second kappa shape index (κ2) is 11.9. The first-order valence-electron chi connectivity index (χ1n) is 14.0. The van der Waals surface area contributed by atoms with Crippen LogP contribution in [-0.4, -0.2) is 59.9 Å². The van der Waals surface area contributed by atoms with Gasteiger partial charge in [-0.1, -0.05) is 24.3 Å². The highest BCUT2D eigenvalue weighted by Gasteiger charge is 2.37. The molecular formula is C30H41N3O4. The third-order valence-electron chi connectivity index (χ3n) is 8.38. The molecule has 4 atom stereocenters. The predicted molar refractivity (Wildman–Crippen MR) is 144 cm³/mol. The molecule has 200 valence electrons. The second-order valence-corrected chi connectivity index (χ2v) is 10.8. The third-order valence-corrected chi connectivity index (χ3v) is 8.38. The van der Waals surface area contributed by atoms with Crippen molar-refractivity contribution in [3.05, 3.63) is 58.3 Å². The van der Waals surface area contributed by atoms with Gasteiger partial charge in [0, 0.05) is 24.9 Å². The van der Waals surface area contributed by atoms with Crippen molar-refractivity contribution < 1.29 is 19.4 Å². The maximum absolute atomic E-state index is 12.5. The van der Waals surface area contributed by atoms with Crippen molar-refractivity contribution in [2.45, 2.75) is 89.0 Å². The van der Waals surface area contributed by atoms with Gasteiger partial charge in [0.05, 0.1) is 18.8 Å². The average molecular weight is 508 g/mol. The van der Waals surface area contributed by atoms with Crippen LogP contribution in [0.4, 0.5) is 5.82 Å². The quantitative estimate of drug-likeness (QED) is 0.433. The van der Waals surface area contributed by atoms with Crippen LogP contribution < -0.4 is 5.32 Å². The van der Waals surface area contributed by atoms with Crippen molar-refractivity contribution in [3.8, 4) is 0 Å². The highest BCUT2D eigenvalue weighted by Crippen LogP contribution is 2.38. The molecule has 0 spiro atoms. The molecule has 3 heterocycles. The normalized spacial score (nSPS) is 23.8. The van der Waals surface area contributed by atoms with E-state index < -0.39 is 12.0 Å². The molecule has 0 bridgehead atoms. The first kappa shape index (κ1) is 26.1. The van der Waals surface area contributed by atoms with Gasteiger partial charge in [-0.15, -0.1) is 0 Å². The van der Waals surface area contributed by atoms with Gasteiger partial charge in [0.1, 0.15) is 11.9 Å². The standard InChI is InChI=1S/C30H41N3O4/c1-20-27-21(15-18-36-20)7-5-10-26(27)28(30(34)35)33(2)24-13-14-25(19-24)37-17-4-3-9-23-12-11-22-8-6-16-31-29(22)32-23/h5,7,10-12,20,24-25,28H,3-4,6,8-9,13-19H2,1-2H3,(H,31,32)(H,34,35)/t20-,24+,25+,28?/m1/s1. The lowest BCUT2D eigenvalue weighted by atomic mass is 9.88. The predicted octanol–water partition coefficient (Wildman–Crippen LogP) is 5.09. The molecule has 7 heteroatoms. The lowest BCUT2D eigenvalue weighted by Crippen LogP contribution is -2.39. The number of hydrogen-bond donors (Lipinski definition) is 2. The first-order chi connectivity index (χ1) is 18.0. The summed E-state index contributed by atoms with van der Waals surface area (Å²) >= 11 is 0. The number of unbranched alkanes of at least 4 members (excludes halogenated alkanes) is 1. The minimum Gasteiger partial charge on any atom is -0.480 e. The molecule has 2 aliphatic heterocycles. The van der Waals surface area contributed by atoms with E-state index in [0.717, 1.165) is 87.2 Å². The van der Waals surface area contributed by atoms with E-state index in [9.17, 15) is 9.90 Å². The van der Waals surface area contributed by atoms with Crippen molar-refractivity contribution in [3.63, 3.8) is 0 Å². The molecule has 1 unspecified atom stereocenters. The Kier molecular flexibility index (Phi) is 8.43. The Morgan fingerprint density at radius 2 is 2.11 bits per heavy atom. The highest BCUT2D eigenvalue weighted by atomic mass is 16.5. The van der Waals surface area contributed by atoms with E-state index in [1.165, 1.54) is 17.5 Å². The molecule has 0 saturated heterocycles. The van der Waals surface area contributed by atoms with Crippen molar-refractivity contribution in [1.29, 1.82) is 0 Å². The lowest BCUT2D eigenvalue weighted by Gasteiger charge is -2.34. The Labute approximate surface area is 220 Å². The van der Waals surface area contributed by atoms with E-state index in [1.807, 2.05) is 26.1 Å². The number of carbonyl (C=O) groups is 1. The molecule has 5 rings (SSSR count). The van der Waals surface area contributed by atoms with Crippen LogP contribution >= 0.6 is 0 Å². The number of carboxylic acid groups (broad SMARTS) is 1. The summed E-state index contributed by atoms with van der Waals surface area (Å²) in [5, 5.41) is 13.7. The van der Waals surface area contributed by atoms with Gasteiger partial charge >= 0.3 is 5.97 Å². The maximum atomic E-state index is 12.5. The van der Waals surface area contributed by atoms with Crippen LogP contribution in [-0.2, 0) is 33.5 Å². The SMILES string of the molecule is C[C@H]1OCCc2cccc(C(C(=O)O)N(C)[C@H]3CC[C@H](OCCCCc4ccc5c(n4)NCCC5)C3)c21. The molecule has 1 aliphatic carbocycles. The van der Waals surface area contributed by atoms with Gasteiger partial charge < -0.3 is 19.9 Å². The number of pyridine rings is 1. The minimum atomic E-state index is -0.802.